The van der Waals surface area contributed by atoms with E-state index in [0.717, 1.165) is 22.5 Å². The van der Waals surface area contributed by atoms with Crippen molar-refractivity contribution in [3.8, 4) is 17.0 Å². The molecule has 2 rings (SSSR count). The Morgan fingerprint density at radius 1 is 1.00 bits per heavy atom. The highest BCUT2D eigenvalue weighted by Gasteiger charge is 2.12. The zero-order chi connectivity index (χ0) is 13.7. The van der Waals surface area contributed by atoms with Crippen molar-refractivity contribution in [3.05, 3.63) is 60.8 Å². The lowest BCUT2D eigenvalue weighted by Gasteiger charge is -2.09. The number of rotatable bonds is 5. The molecule has 0 aliphatic carbocycles. The Balaban J connectivity index is 2.54. The fourth-order valence-electron chi connectivity index (χ4n) is 1.89. The quantitative estimate of drug-likeness (QED) is 0.832. The van der Waals surface area contributed by atoms with Gasteiger partial charge in [-0.1, -0.05) is 12.2 Å². The molecule has 1 aromatic carbocycles. The van der Waals surface area contributed by atoms with Gasteiger partial charge in [-0.2, -0.15) is 0 Å². The molecule has 0 aliphatic rings. The third-order valence-electron chi connectivity index (χ3n) is 2.77. The number of benzene rings is 1. The van der Waals surface area contributed by atoms with Crippen LogP contribution in [0.15, 0.2) is 49.6 Å². The van der Waals surface area contributed by atoms with Crippen LogP contribution < -0.4 is 0 Å². The van der Waals surface area contributed by atoms with Gasteiger partial charge in [0.05, 0.1) is 5.69 Å². The third-order valence-corrected chi connectivity index (χ3v) is 2.77. The topological polar surface area (TPSA) is 58.9 Å². The summed E-state index contributed by atoms with van der Waals surface area (Å²) in [4.78, 5) is 0. The SMILES string of the molecule is C=CCc1nnnc(-c2ccc(O)cc2)c1CC=C. The highest BCUT2D eigenvalue weighted by atomic mass is 16.3. The summed E-state index contributed by atoms with van der Waals surface area (Å²) in [5.41, 5.74) is 3.52. The summed E-state index contributed by atoms with van der Waals surface area (Å²) in [5, 5.41) is 21.3. The lowest BCUT2D eigenvalue weighted by molar-refractivity contribution is 0.475. The van der Waals surface area contributed by atoms with E-state index in [0.29, 0.717) is 12.8 Å². The standard InChI is InChI=1S/C15H15N3O/c1-3-5-13-14(6-4-2)16-18-17-15(13)11-7-9-12(19)10-8-11/h3-4,7-10,19H,1-2,5-6H2. The van der Waals surface area contributed by atoms with Crippen molar-refractivity contribution in [1.29, 1.82) is 0 Å². The summed E-state index contributed by atoms with van der Waals surface area (Å²) in [6, 6.07) is 6.87. The first-order valence-electron chi connectivity index (χ1n) is 5.98. The molecular weight excluding hydrogens is 238 g/mol. The molecule has 19 heavy (non-hydrogen) atoms. The van der Waals surface area contributed by atoms with Crippen LogP contribution in [0.4, 0.5) is 0 Å². The van der Waals surface area contributed by atoms with Crippen LogP contribution in [0.1, 0.15) is 11.3 Å². The van der Waals surface area contributed by atoms with Crippen molar-refractivity contribution < 1.29 is 5.11 Å². The van der Waals surface area contributed by atoms with E-state index in [9.17, 15) is 5.11 Å². The Bertz CT molecular complexity index is 591. The van der Waals surface area contributed by atoms with Gasteiger partial charge in [-0.15, -0.1) is 23.4 Å². The first kappa shape index (κ1) is 13.0. The second kappa shape index (κ2) is 5.91. The molecule has 0 radical (unpaired) electrons. The van der Waals surface area contributed by atoms with Crippen molar-refractivity contribution in [1.82, 2.24) is 15.4 Å². The van der Waals surface area contributed by atoms with Gasteiger partial charge in [0.2, 0.25) is 0 Å². The molecule has 2 aromatic rings. The van der Waals surface area contributed by atoms with Crippen LogP contribution in [-0.4, -0.2) is 20.5 Å². The van der Waals surface area contributed by atoms with Crippen molar-refractivity contribution in [2.24, 2.45) is 0 Å². The van der Waals surface area contributed by atoms with Gasteiger partial charge >= 0.3 is 0 Å². The molecule has 0 fully saturated rings. The second-order valence-electron chi connectivity index (χ2n) is 4.10. The van der Waals surface area contributed by atoms with Crippen molar-refractivity contribution >= 4 is 0 Å². The van der Waals surface area contributed by atoms with Gasteiger partial charge in [0.25, 0.3) is 0 Å². The molecule has 4 nitrogen and oxygen atoms in total. The minimum absolute atomic E-state index is 0.224. The lowest BCUT2D eigenvalue weighted by Crippen LogP contribution is -2.04. The maximum atomic E-state index is 9.34. The van der Waals surface area contributed by atoms with E-state index in [4.69, 9.17) is 0 Å². The maximum absolute atomic E-state index is 9.34. The molecule has 1 heterocycles. The Labute approximate surface area is 112 Å². The molecule has 1 N–H and O–H groups in total. The van der Waals surface area contributed by atoms with Crippen LogP contribution in [0.25, 0.3) is 11.3 Å². The Morgan fingerprint density at radius 3 is 2.32 bits per heavy atom. The van der Waals surface area contributed by atoms with E-state index in [1.807, 2.05) is 18.2 Å². The van der Waals surface area contributed by atoms with Crippen molar-refractivity contribution in [2.45, 2.75) is 12.8 Å². The normalized spacial score (nSPS) is 10.1. The number of hydrogen-bond donors (Lipinski definition) is 1. The number of allylic oxidation sites excluding steroid dienone is 2. The molecule has 0 unspecified atom stereocenters. The Morgan fingerprint density at radius 2 is 1.68 bits per heavy atom. The fourth-order valence-corrected chi connectivity index (χ4v) is 1.89. The van der Waals surface area contributed by atoms with Crippen LogP contribution in [0.3, 0.4) is 0 Å². The minimum atomic E-state index is 0.224. The smallest absolute Gasteiger partial charge is 0.115 e. The summed E-state index contributed by atoms with van der Waals surface area (Å²) in [6.07, 6.45) is 4.91. The van der Waals surface area contributed by atoms with E-state index in [-0.39, 0.29) is 5.75 Å². The Hall–Kier alpha value is -2.49. The summed E-state index contributed by atoms with van der Waals surface area (Å²) >= 11 is 0. The molecule has 0 atom stereocenters. The molecule has 0 amide bonds. The molecule has 0 bridgehead atoms. The Kier molecular flexibility index (Phi) is 4.03. The molecule has 0 spiro atoms. The third kappa shape index (κ3) is 2.85. The van der Waals surface area contributed by atoms with Gasteiger partial charge in [-0.25, -0.2) is 0 Å². The zero-order valence-corrected chi connectivity index (χ0v) is 10.6. The zero-order valence-electron chi connectivity index (χ0n) is 10.6. The second-order valence-corrected chi connectivity index (χ2v) is 4.10. The average Bonchev–Trinajstić information content (AvgIpc) is 2.42. The van der Waals surface area contributed by atoms with Gasteiger partial charge < -0.3 is 5.11 Å². The number of hydrogen-bond acceptors (Lipinski definition) is 4. The van der Waals surface area contributed by atoms with Crippen LogP contribution in [0.2, 0.25) is 0 Å². The molecule has 1 aromatic heterocycles. The predicted octanol–water partition coefficient (Wildman–Crippen LogP) is 2.70. The van der Waals surface area contributed by atoms with Crippen LogP contribution in [0.5, 0.6) is 5.75 Å². The van der Waals surface area contributed by atoms with E-state index in [2.05, 4.69) is 28.6 Å². The van der Waals surface area contributed by atoms with Crippen LogP contribution >= 0.6 is 0 Å². The number of phenolic OH excluding ortho intramolecular Hbond substituents is 1. The number of nitrogens with zero attached hydrogens (tertiary/aromatic N) is 3. The number of aromatic nitrogens is 3. The van der Waals surface area contributed by atoms with Gasteiger partial charge in [0, 0.05) is 17.5 Å². The minimum Gasteiger partial charge on any atom is -0.508 e. The molecule has 96 valence electrons. The highest BCUT2D eigenvalue weighted by molar-refractivity contribution is 5.64. The van der Waals surface area contributed by atoms with E-state index in [1.165, 1.54) is 0 Å². The van der Waals surface area contributed by atoms with Crippen LogP contribution in [0, 0.1) is 0 Å². The predicted molar refractivity (Wildman–Crippen MR) is 74.7 cm³/mol. The molecular formula is C15H15N3O. The van der Waals surface area contributed by atoms with E-state index in [1.54, 1.807) is 18.2 Å². The maximum Gasteiger partial charge on any atom is 0.115 e. The largest absolute Gasteiger partial charge is 0.508 e. The first-order chi connectivity index (χ1) is 9.26. The first-order valence-corrected chi connectivity index (χ1v) is 5.98. The summed E-state index contributed by atoms with van der Waals surface area (Å²) < 4.78 is 0. The van der Waals surface area contributed by atoms with E-state index < -0.39 is 0 Å². The van der Waals surface area contributed by atoms with E-state index >= 15 is 0 Å². The molecule has 0 aliphatic heterocycles. The monoisotopic (exact) mass is 253 g/mol. The van der Waals surface area contributed by atoms with Gasteiger partial charge in [-0.05, 0) is 35.9 Å². The fraction of sp³-hybridized carbons (Fsp3) is 0.133. The summed E-state index contributed by atoms with van der Waals surface area (Å²) in [7, 11) is 0. The van der Waals surface area contributed by atoms with Crippen molar-refractivity contribution in [2.75, 3.05) is 0 Å². The number of aromatic hydroxyl groups is 1. The number of phenols is 1. The van der Waals surface area contributed by atoms with Crippen LogP contribution in [-0.2, 0) is 12.8 Å². The summed E-state index contributed by atoms with van der Waals surface area (Å²) in [5.74, 6) is 0.224. The molecule has 0 saturated carbocycles. The van der Waals surface area contributed by atoms with Gasteiger partial charge in [0.15, 0.2) is 0 Å². The van der Waals surface area contributed by atoms with Gasteiger partial charge in [0.1, 0.15) is 11.4 Å². The average molecular weight is 253 g/mol. The van der Waals surface area contributed by atoms with Gasteiger partial charge in [-0.3, -0.25) is 0 Å². The summed E-state index contributed by atoms with van der Waals surface area (Å²) in [6.45, 7) is 7.49. The molecule has 4 heteroatoms. The molecule has 0 saturated heterocycles. The highest BCUT2D eigenvalue weighted by Crippen LogP contribution is 2.25. The lowest BCUT2D eigenvalue weighted by atomic mass is 10.0. The van der Waals surface area contributed by atoms with Crippen molar-refractivity contribution in [3.63, 3.8) is 0 Å².